The predicted molar refractivity (Wildman–Crippen MR) is 83.8 cm³/mol. The molecule has 3 aliphatic heterocycles. The Kier molecular flexibility index (Phi) is 4.49. The molecule has 0 aromatic carbocycles. The summed E-state index contributed by atoms with van der Waals surface area (Å²) < 4.78 is 0. The molecule has 0 aromatic rings. The molecular weight excluding hydrogens is 260 g/mol. The molecule has 3 rings (SSSR count). The molecule has 0 radical (unpaired) electrons. The number of likely N-dealkylation sites (tertiary alicyclic amines) is 2. The van der Waals surface area contributed by atoms with Crippen molar-refractivity contribution in [3.8, 4) is 0 Å². The Morgan fingerprint density at radius 3 is 2.22 bits per heavy atom. The molecule has 0 aliphatic carbocycles. The summed E-state index contributed by atoms with van der Waals surface area (Å²) in [7, 11) is 2.28. The SMILES string of the molecule is CN1CCC2(CC1)CCN(C1CSCCSC1)C2. The highest BCUT2D eigenvalue weighted by molar-refractivity contribution is 8.03. The van der Waals surface area contributed by atoms with Crippen LogP contribution in [-0.4, -0.2) is 72.1 Å². The van der Waals surface area contributed by atoms with Crippen LogP contribution in [0.4, 0.5) is 0 Å². The van der Waals surface area contributed by atoms with Crippen LogP contribution < -0.4 is 0 Å². The monoisotopic (exact) mass is 286 g/mol. The molecule has 104 valence electrons. The highest BCUT2D eigenvalue weighted by atomic mass is 32.2. The number of thioether (sulfide) groups is 2. The fourth-order valence-electron chi connectivity index (χ4n) is 3.60. The standard InChI is InChI=1S/C14H26N2S2/c1-15-5-2-14(3-6-15)4-7-16(12-14)13-10-17-8-9-18-11-13/h13H,2-12H2,1H3. The van der Waals surface area contributed by atoms with Gasteiger partial charge >= 0.3 is 0 Å². The summed E-state index contributed by atoms with van der Waals surface area (Å²) in [6.07, 6.45) is 4.34. The minimum Gasteiger partial charge on any atom is -0.306 e. The van der Waals surface area contributed by atoms with E-state index >= 15 is 0 Å². The second-order valence-electron chi connectivity index (χ2n) is 6.33. The van der Waals surface area contributed by atoms with Gasteiger partial charge in [-0.1, -0.05) is 0 Å². The van der Waals surface area contributed by atoms with Crippen molar-refractivity contribution < 1.29 is 0 Å². The van der Waals surface area contributed by atoms with Gasteiger partial charge in [-0.05, 0) is 51.4 Å². The Morgan fingerprint density at radius 1 is 0.944 bits per heavy atom. The van der Waals surface area contributed by atoms with Gasteiger partial charge < -0.3 is 4.90 Å². The van der Waals surface area contributed by atoms with Crippen molar-refractivity contribution in [3.05, 3.63) is 0 Å². The molecule has 3 fully saturated rings. The lowest BCUT2D eigenvalue weighted by atomic mass is 9.78. The number of piperidine rings is 1. The van der Waals surface area contributed by atoms with Gasteiger partial charge in [-0.3, -0.25) is 4.90 Å². The maximum atomic E-state index is 2.83. The van der Waals surface area contributed by atoms with E-state index < -0.39 is 0 Å². The van der Waals surface area contributed by atoms with Crippen molar-refractivity contribution in [1.29, 1.82) is 0 Å². The molecule has 4 heteroatoms. The Balaban J connectivity index is 1.57. The number of hydrogen-bond acceptors (Lipinski definition) is 4. The van der Waals surface area contributed by atoms with E-state index in [0.29, 0.717) is 5.41 Å². The Labute approximate surface area is 120 Å². The average Bonchev–Trinajstić information content (AvgIpc) is 2.62. The van der Waals surface area contributed by atoms with Crippen LogP contribution in [0.25, 0.3) is 0 Å². The van der Waals surface area contributed by atoms with Crippen LogP contribution in [0.15, 0.2) is 0 Å². The summed E-state index contributed by atoms with van der Waals surface area (Å²) in [6, 6.07) is 0.863. The van der Waals surface area contributed by atoms with Gasteiger partial charge in [0.2, 0.25) is 0 Å². The molecular formula is C14H26N2S2. The van der Waals surface area contributed by atoms with Gasteiger partial charge in [-0.2, -0.15) is 23.5 Å². The fraction of sp³-hybridized carbons (Fsp3) is 1.00. The Bertz CT molecular complexity index is 269. The molecule has 0 unspecified atom stereocenters. The topological polar surface area (TPSA) is 6.48 Å². The van der Waals surface area contributed by atoms with Crippen molar-refractivity contribution in [2.24, 2.45) is 5.41 Å². The molecule has 1 spiro atoms. The van der Waals surface area contributed by atoms with E-state index in [4.69, 9.17) is 0 Å². The van der Waals surface area contributed by atoms with E-state index in [-0.39, 0.29) is 0 Å². The van der Waals surface area contributed by atoms with Crippen LogP contribution in [0.2, 0.25) is 0 Å². The van der Waals surface area contributed by atoms with E-state index in [1.54, 1.807) is 0 Å². The number of nitrogens with zero attached hydrogens (tertiary/aromatic N) is 2. The molecule has 3 heterocycles. The van der Waals surface area contributed by atoms with Crippen molar-refractivity contribution in [2.75, 3.05) is 56.2 Å². The van der Waals surface area contributed by atoms with Crippen LogP contribution in [0.3, 0.4) is 0 Å². The van der Waals surface area contributed by atoms with E-state index in [1.165, 1.54) is 68.5 Å². The van der Waals surface area contributed by atoms with Crippen LogP contribution in [0, 0.1) is 5.41 Å². The zero-order valence-corrected chi connectivity index (χ0v) is 13.2. The summed E-state index contributed by atoms with van der Waals surface area (Å²) >= 11 is 4.35. The summed E-state index contributed by atoms with van der Waals surface area (Å²) in [4.78, 5) is 5.34. The van der Waals surface area contributed by atoms with Crippen molar-refractivity contribution >= 4 is 23.5 Å². The predicted octanol–water partition coefficient (Wildman–Crippen LogP) is 2.25. The largest absolute Gasteiger partial charge is 0.306 e. The van der Waals surface area contributed by atoms with E-state index in [9.17, 15) is 0 Å². The molecule has 0 bridgehead atoms. The summed E-state index contributed by atoms with van der Waals surface area (Å²) in [6.45, 7) is 5.41. The first-order valence-corrected chi connectivity index (χ1v) is 9.67. The van der Waals surface area contributed by atoms with Gasteiger partial charge in [-0.15, -0.1) is 0 Å². The molecule has 0 saturated carbocycles. The molecule has 0 aromatic heterocycles. The highest BCUT2D eigenvalue weighted by Crippen LogP contribution is 2.41. The average molecular weight is 287 g/mol. The first-order valence-electron chi connectivity index (χ1n) is 7.36. The molecule has 3 saturated heterocycles. The first-order chi connectivity index (χ1) is 8.77. The van der Waals surface area contributed by atoms with Gasteiger partial charge in [0.05, 0.1) is 0 Å². The quantitative estimate of drug-likeness (QED) is 0.729. The van der Waals surface area contributed by atoms with Crippen LogP contribution in [-0.2, 0) is 0 Å². The van der Waals surface area contributed by atoms with Crippen LogP contribution >= 0.6 is 23.5 Å². The second-order valence-corrected chi connectivity index (χ2v) is 8.63. The summed E-state index contributed by atoms with van der Waals surface area (Å²) in [5, 5.41) is 0. The van der Waals surface area contributed by atoms with Crippen molar-refractivity contribution in [2.45, 2.75) is 25.3 Å². The minimum atomic E-state index is 0.689. The molecule has 2 nitrogen and oxygen atoms in total. The third kappa shape index (κ3) is 3.02. The molecule has 3 aliphatic rings. The molecule has 0 amide bonds. The number of rotatable bonds is 1. The normalized spacial score (nSPS) is 31.8. The van der Waals surface area contributed by atoms with E-state index in [1.807, 2.05) is 0 Å². The van der Waals surface area contributed by atoms with Crippen molar-refractivity contribution in [3.63, 3.8) is 0 Å². The van der Waals surface area contributed by atoms with Crippen LogP contribution in [0.5, 0.6) is 0 Å². The third-order valence-corrected chi connectivity index (χ3v) is 7.51. The third-order valence-electron chi connectivity index (χ3n) is 5.02. The van der Waals surface area contributed by atoms with E-state index in [0.717, 1.165) is 6.04 Å². The maximum Gasteiger partial charge on any atom is 0.0277 e. The zero-order chi connectivity index (χ0) is 12.4. The molecule has 0 N–H and O–H groups in total. The van der Waals surface area contributed by atoms with Gasteiger partial charge in [0.25, 0.3) is 0 Å². The minimum absolute atomic E-state index is 0.689. The van der Waals surface area contributed by atoms with Gasteiger partial charge in [-0.25, -0.2) is 0 Å². The van der Waals surface area contributed by atoms with Gasteiger partial charge in [0, 0.05) is 35.6 Å². The lowest BCUT2D eigenvalue weighted by Gasteiger charge is -2.38. The Morgan fingerprint density at radius 2 is 1.56 bits per heavy atom. The van der Waals surface area contributed by atoms with Crippen LogP contribution in [0.1, 0.15) is 19.3 Å². The maximum absolute atomic E-state index is 2.83. The highest BCUT2D eigenvalue weighted by Gasteiger charge is 2.41. The zero-order valence-electron chi connectivity index (χ0n) is 11.6. The lowest BCUT2D eigenvalue weighted by Crippen LogP contribution is -2.42. The van der Waals surface area contributed by atoms with Crippen molar-refractivity contribution in [1.82, 2.24) is 9.80 Å². The Hall–Kier alpha value is 0.620. The second kappa shape index (κ2) is 5.94. The summed E-state index contributed by atoms with van der Waals surface area (Å²) in [5.41, 5.74) is 0.689. The van der Waals surface area contributed by atoms with Gasteiger partial charge in [0.15, 0.2) is 0 Å². The molecule has 18 heavy (non-hydrogen) atoms. The first kappa shape index (κ1) is 13.6. The molecule has 0 atom stereocenters. The van der Waals surface area contributed by atoms with E-state index in [2.05, 4.69) is 40.4 Å². The lowest BCUT2D eigenvalue weighted by molar-refractivity contribution is 0.121. The van der Waals surface area contributed by atoms with Gasteiger partial charge in [0.1, 0.15) is 0 Å². The smallest absolute Gasteiger partial charge is 0.0277 e. The number of hydrogen-bond donors (Lipinski definition) is 0. The summed E-state index contributed by atoms with van der Waals surface area (Å²) in [5.74, 6) is 5.49. The fourth-order valence-corrected chi connectivity index (χ4v) is 6.22.